The van der Waals surface area contributed by atoms with Crippen molar-refractivity contribution in [1.82, 2.24) is 0 Å². The number of rotatable bonds is 10. The molecule has 0 saturated heterocycles. The van der Waals surface area contributed by atoms with Crippen molar-refractivity contribution >= 4 is 20.9 Å². The van der Waals surface area contributed by atoms with Crippen LogP contribution < -0.4 is 29.6 Å². The molecule has 0 bridgehead atoms. The molecule has 132 valence electrons. The maximum absolute atomic E-state index is 11.2. The quantitative estimate of drug-likeness (QED) is 0.367. The van der Waals surface area contributed by atoms with Gasteiger partial charge in [0.05, 0.1) is 4.90 Å². The van der Waals surface area contributed by atoms with Gasteiger partial charge in [-0.05, 0) is 41.3 Å². The molecule has 0 aliphatic rings. The van der Waals surface area contributed by atoms with E-state index >= 15 is 0 Å². The number of unbranched alkanes of at least 4 members (excludes halogenated alkanes) is 7. The van der Waals surface area contributed by atoms with Crippen LogP contribution >= 0.6 is 0 Å². The van der Waals surface area contributed by atoms with Crippen molar-refractivity contribution in [2.45, 2.75) is 69.6 Å². The van der Waals surface area contributed by atoms with Crippen LogP contribution in [-0.4, -0.2) is 13.0 Å². The molecule has 0 spiro atoms. The molecule has 0 atom stereocenters. The zero-order valence-electron chi connectivity index (χ0n) is 15.5. The Morgan fingerprint density at radius 3 is 2.16 bits per heavy atom. The van der Waals surface area contributed by atoms with E-state index in [0.29, 0.717) is 0 Å². The molecule has 2 aromatic rings. The molecule has 0 amide bonds. The Hall–Kier alpha value is -0.390. The molecule has 0 saturated carbocycles. The van der Waals surface area contributed by atoms with Gasteiger partial charge in [0.15, 0.2) is 0 Å². The summed E-state index contributed by atoms with van der Waals surface area (Å²) in [4.78, 5) is -0.140. The fourth-order valence-electron chi connectivity index (χ4n) is 3.14. The van der Waals surface area contributed by atoms with Gasteiger partial charge in [-0.2, -0.15) is 0 Å². The van der Waals surface area contributed by atoms with E-state index in [1.54, 1.807) is 6.07 Å². The van der Waals surface area contributed by atoms with E-state index < -0.39 is 10.1 Å². The fraction of sp³-hybridized carbons (Fsp3) is 0.500. The Bertz CT molecular complexity index is 757. The number of benzene rings is 2. The number of fused-ring (bicyclic) bond motifs is 1. The Balaban J connectivity index is 0.00000312. The average molecular weight is 370 g/mol. The Labute approximate surface area is 174 Å². The van der Waals surface area contributed by atoms with Gasteiger partial charge in [0, 0.05) is 0 Å². The van der Waals surface area contributed by atoms with Crippen LogP contribution in [0.2, 0.25) is 0 Å². The maximum atomic E-state index is 11.2. The predicted octanol–water partition coefficient (Wildman–Crippen LogP) is 2.43. The minimum atomic E-state index is -4.40. The molecule has 0 aliphatic heterocycles. The second kappa shape index (κ2) is 11.3. The van der Waals surface area contributed by atoms with Crippen molar-refractivity contribution in [1.29, 1.82) is 0 Å². The number of hydrogen-bond acceptors (Lipinski definition) is 3. The van der Waals surface area contributed by atoms with E-state index in [1.165, 1.54) is 57.1 Å². The molecule has 0 unspecified atom stereocenters. The first-order valence-corrected chi connectivity index (χ1v) is 10.4. The molecular weight excluding hydrogens is 343 g/mol. The third-order valence-corrected chi connectivity index (χ3v) is 5.36. The molecule has 0 radical (unpaired) electrons. The largest absolute Gasteiger partial charge is 1.00 e. The molecular formula is C20H27NaO3S. The molecule has 0 aromatic heterocycles. The van der Waals surface area contributed by atoms with Crippen molar-refractivity contribution in [3.8, 4) is 0 Å². The molecule has 0 aliphatic carbocycles. The van der Waals surface area contributed by atoms with Gasteiger partial charge in [-0.1, -0.05) is 76.1 Å². The van der Waals surface area contributed by atoms with Crippen molar-refractivity contribution in [3.63, 3.8) is 0 Å². The summed E-state index contributed by atoms with van der Waals surface area (Å²) in [6.45, 7) is 2.23. The summed E-state index contributed by atoms with van der Waals surface area (Å²) < 4.78 is 33.7. The first kappa shape index (κ1) is 22.7. The van der Waals surface area contributed by atoms with Crippen LogP contribution in [0.4, 0.5) is 0 Å². The smallest absolute Gasteiger partial charge is 0.744 e. The summed E-state index contributed by atoms with van der Waals surface area (Å²) in [5.41, 5.74) is 1.13. The van der Waals surface area contributed by atoms with Crippen LogP contribution in [-0.2, 0) is 16.5 Å². The summed E-state index contributed by atoms with van der Waals surface area (Å²) in [6, 6.07) is 10.6. The zero-order valence-corrected chi connectivity index (χ0v) is 18.3. The summed E-state index contributed by atoms with van der Waals surface area (Å²) in [6.07, 6.45) is 11.1. The molecule has 2 aromatic carbocycles. The van der Waals surface area contributed by atoms with Gasteiger partial charge in [-0.25, -0.2) is 8.42 Å². The van der Waals surface area contributed by atoms with Gasteiger partial charge in [-0.3, -0.25) is 0 Å². The number of hydrogen-bond donors (Lipinski definition) is 0. The van der Waals surface area contributed by atoms with Gasteiger partial charge < -0.3 is 4.55 Å². The Morgan fingerprint density at radius 1 is 0.880 bits per heavy atom. The third kappa shape index (κ3) is 7.40. The van der Waals surface area contributed by atoms with Crippen molar-refractivity contribution in [3.05, 3.63) is 42.0 Å². The van der Waals surface area contributed by atoms with E-state index in [4.69, 9.17) is 0 Å². The molecule has 2 rings (SSSR count). The van der Waals surface area contributed by atoms with Crippen molar-refractivity contribution < 1.29 is 42.5 Å². The fourth-order valence-corrected chi connectivity index (χ4v) is 3.64. The van der Waals surface area contributed by atoms with Crippen LogP contribution in [0.1, 0.15) is 63.9 Å². The zero-order chi connectivity index (χ0) is 17.4. The molecule has 0 N–H and O–H groups in total. The summed E-state index contributed by atoms with van der Waals surface area (Å²) in [7, 11) is -4.40. The number of aryl methyl sites for hydroxylation is 1. The van der Waals surface area contributed by atoms with E-state index in [1.807, 2.05) is 18.2 Å². The summed E-state index contributed by atoms with van der Waals surface area (Å²) in [5.74, 6) is 0. The van der Waals surface area contributed by atoms with Gasteiger partial charge in [-0.15, -0.1) is 0 Å². The van der Waals surface area contributed by atoms with Crippen molar-refractivity contribution in [2.24, 2.45) is 0 Å². The minimum absolute atomic E-state index is 0. The molecule has 0 fully saturated rings. The molecule has 0 heterocycles. The second-order valence-corrected chi connectivity index (χ2v) is 7.86. The summed E-state index contributed by atoms with van der Waals surface area (Å²) >= 11 is 0. The van der Waals surface area contributed by atoms with E-state index in [0.717, 1.165) is 29.2 Å². The average Bonchev–Trinajstić information content (AvgIpc) is 2.56. The Kier molecular flexibility index (Phi) is 10.3. The SMILES string of the molecule is CCCCCCCCCCc1cccc2ccc(S(=O)(=O)[O-])cc12.[Na+]. The first-order chi connectivity index (χ1) is 11.5. The van der Waals surface area contributed by atoms with Crippen LogP contribution in [0.25, 0.3) is 10.8 Å². The standard InChI is InChI=1S/C20H28O3S.Na/c1-2-3-4-5-6-7-8-9-11-17-12-10-13-18-14-15-19(16-20(17)18)24(21,22)23;/h10,12-16H,2-9,11H2,1H3,(H,21,22,23);/q;+1/p-1. The first-order valence-electron chi connectivity index (χ1n) is 9.00. The monoisotopic (exact) mass is 370 g/mol. The predicted molar refractivity (Wildman–Crippen MR) is 98.2 cm³/mol. The van der Waals surface area contributed by atoms with Gasteiger partial charge >= 0.3 is 29.6 Å². The molecule has 3 nitrogen and oxygen atoms in total. The van der Waals surface area contributed by atoms with Gasteiger partial charge in [0.25, 0.3) is 0 Å². The minimum Gasteiger partial charge on any atom is -0.744 e. The van der Waals surface area contributed by atoms with E-state index in [9.17, 15) is 13.0 Å². The molecule has 5 heteroatoms. The second-order valence-electron chi connectivity index (χ2n) is 6.48. The Morgan fingerprint density at radius 2 is 1.52 bits per heavy atom. The topological polar surface area (TPSA) is 57.2 Å². The molecule has 25 heavy (non-hydrogen) atoms. The van der Waals surface area contributed by atoms with E-state index in [-0.39, 0.29) is 34.5 Å². The van der Waals surface area contributed by atoms with Crippen LogP contribution in [0.5, 0.6) is 0 Å². The van der Waals surface area contributed by atoms with E-state index in [2.05, 4.69) is 6.92 Å². The maximum Gasteiger partial charge on any atom is 1.00 e. The van der Waals surface area contributed by atoms with Gasteiger partial charge in [0.2, 0.25) is 0 Å². The van der Waals surface area contributed by atoms with Crippen LogP contribution in [0.15, 0.2) is 41.3 Å². The summed E-state index contributed by atoms with van der Waals surface area (Å²) in [5, 5.41) is 1.87. The van der Waals surface area contributed by atoms with Gasteiger partial charge in [0.1, 0.15) is 10.1 Å². The van der Waals surface area contributed by atoms with Crippen LogP contribution in [0, 0.1) is 0 Å². The van der Waals surface area contributed by atoms with Crippen molar-refractivity contribution in [2.75, 3.05) is 0 Å². The van der Waals surface area contributed by atoms with Crippen LogP contribution in [0.3, 0.4) is 0 Å². The third-order valence-electron chi connectivity index (χ3n) is 4.53. The normalized spacial score (nSPS) is 11.4.